The molecular formula is C13H14ClFN2O. The van der Waals surface area contributed by atoms with E-state index in [1.807, 2.05) is 19.9 Å². The van der Waals surface area contributed by atoms with E-state index in [0.717, 1.165) is 17.1 Å². The Morgan fingerprint density at radius 2 is 2.17 bits per heavy atom. The molecule has 5 heteroatoms. The summed E-state index contributed by atoms with van der Waals surface area (Å²) < 4.78 is 18.1. The molecule has 0 fully saturated rings. The van der Waals surface area contributed by atoms with Crippen molar-refractivity contribution < 1.29 is 8.91 Å². The molecule has 1 aromatic carbocycles. The minimum atomic E-state index is -0.425. The lowest BCUT2D eigenvalue weighted by Crippen LogP contribution is -1.99. The molecule has 0 saturated heterocycles. The van der Waals surface area contributed by atoms with Gasteiger partial charge in [0.15, 0.2) is 0 Å². The summed E-state index contributed by atoms with van der Waals surface area (Å²) in [4.78, 5) is 0. The zero-order valence-electron chi connectivity index (χ0n) is 10.2. The van der Waals surface area contributed by atoms with Crippen LogP contribution in [0.1, 0.15) is 31.2 Å². The smallest absolute Gasteiger partial charge is 0.141 e. The zero-order chi connectivity index (χ0) is 13.1. The summed E-state index contributed by atoms with van der Waals surface area (Å²) >= 11 is 5.69. The van der Waals surface area contributed by atoms with E-state index in [-0.39, 0.29) is 5.02 Å². The zero-order valence-corrected chi connectivity index (χ0v) is 11.0. The first-order chi connectivity index (χ1) is 8.56. The number of anilines is 1. The predicted octanol–water partition coefficient (Wildman–Crippen LogP) is 4.20. The lowest BCUT2D eigenvalue weighted by molar-refractivity contribution is 0.366. The van der Waals surface area contributed by atoms with Crippen molar-refractivity contribution in [1.82, 2.24) is 5.16 Å². The summed E-state index contributed by atoms with van der Waals surface area (Å²) in [6.45, 7) is 4.59. The first-order valence-corrected chi connectivity index (χ1v) is 6.08. The second-order valence-electron chi connectivity index (χ2n) is 4.36. The molecule has 0 bridgehead atoms. The van der Waals surface area contributed by atoms with Crippen LogP contribution in [0.4, 0.5) is 10.1 Å². The van der Waals surface area contributed by atoms with Gasteiger partial charge < -0.3 is 9.84 Å². The van der Waals surface area contributed by atoms with E-state index in [9.17, 15) is 4.39 Å². The Bertz CT molecular complexity index is 540. The molecule has 1 aromatic heterocycles. The summed E-state index contributed by atoms with van der Waals surface area (Å²) in [7, 11) is 0. The fourth-order valence-corrected chi connectivity index (χ4v) is 1.66. The van der Waals surface area contributed by atoms with Crippen LogP contribution in [-0.4, -0.2) is 5.16 Å². The summed E-state index contributed by atoms with van der Waals surface area (Å²) in [5.74, 6) is 0.737. The lowest BCUT2D eigenvalue weighted by Gasteiger charge is -2.04. The predicted molar refractivity (Wildman–Crippen MR) is 69.3 cm³/mol. The molecule has 0 aliphatic rings. The standard InChI is InChI=1S/C13H14ClFN2O/c1-8(2)13-6-10(17-18-13)7-16-9-3-4-12(15)11(14)5-9/h3-6,8,16H,7H2,1-2H3. The largest absolute Gasteiger partial charge is 0.379 e. The molecule has 96 valence electrons. The maximum absolute atomic E-state index is 13.0. The van der Waals surface area contributed by atoms with E-state index < -0.39 is 5.82 Å². The molecule has 0 atom stereocenters. The minimum Gasteiger partial charge on any atom is -0.379 e. The Morgan fingerprint density at radius 3 is 2.78 bits per heavy atom. The number of benzene rings is 1. The Kier molecular flexibility index (Phi) is 3.87. The highest BCUT2D eigenvalue weighted by atomic mass is 35.5. The monoisotopic (exact) mass is 268 g/mol. The SMILES string of the molecule is CC(C)c1cc(CNc2ccc(F)c(Cl)c2)no1. The molecule has 18 heavy (non-hydrogen) atoms. The van der Waals surface area contributed by atoms with Crippen LogP contribution in [0.15, 0.2) is 28.8 Å². The highest BCUT2D eigenvalue weighted by Crippen LogP contribution is 2.20. The van der Waals surface area contributed by atoms with E-state index in [0.29, 0.717) is 12.5 Å². The highest BCUT2D eigenvalue weighted by Gasteiger charge is 2.07. The maximum Gasteiger partial charge on any atom is 0.141 e. The summed E-state index contributed by atoms with van der Waals surface area (Å²) in [6, 6.07) is 6.40. The molecule has 2 rings (SSSR count). The molecule has 2 aromatic rings. The van der Waals surface area contributed by atoms with Gasteiger partial charge in [-0.15, -0.1) is 0 Å². The number of nitrogens with zero attached hydrogens (tertiary/aromatic N) is 1. The minimum absolute atomic E-state index is 0.100. The van der Waals surface area contributed by atoms with Gasteiger partial charge in [-0.2, -0.15) is 0 Å². The van der Waals surface area contributed by atoms with Gasteiger partial charge in [0.2, 0.25) is 0 Å². The summed E-state index contributed by atoms with van der Waals surface area (Å²) in [5.41, 5.74) is 1.55. The van der Waals surface area contributed by atoms with E-state index in [1.54, 1.807) is 12.1 Å². The number of nitrogens with one attached hydrogen (secondary N) is 1. The summed E-state index contributed by atoms with van der Waals surface area (Å²) in [5, 5.41) is 7.16. The van der Waals surface area contributed by atoms with Crippen molar-refractivity contribution in [3.05, 3.63) is 46.6 Å². The Balaban J connectivity index is 2.00. The second kappa shape index (κ2) is 5.40. The number of hydrogen-bond donors (Lipinski definition) is 1. The third-order valence-electron chi connectivity index (χ3n) is 2.54. The van der Waals surface area contributed by atoms with Gasteiger partial charge in [0.1, 0.15) is 17.3 Å². The van der Waals surface area contributed by atoms with E-state index in [2.05, 4.69) is 10.5 Å². The van der Waals surface area contributed by atoms with Crippen LogP contribution in [0.2, 0.25) is 5.02 Å². The van der Waals surface area contributed by atoms with Crippen molar-refractivity contribution in [2.24, 2.45) is 0 Å². The maximum atomic E-state index is 13.0. The van der Waals surface area contributed by atoms with E-state index >= 15 is 0 Å². The third-order valence-corrected chi connectivity index (χ3v) is 2.83. The number of rotatable bonds is 4. The molecule has 1 N–H and O–H groups in total. The fourth-order valence-electron chi connectivity index (χ4n) is 1.48. The van der Waals surface area contributed by atoms with Crippen molar-refractivity contribution in [3.8, 4) is 0 Å². The van der Waals surface area contributed by atoms with Crippen LogP contribution in [-0.2, 0) is 6.54 Å². The van der Waals surface area contributed by atoms with E-state index in [4.69, 9.17) is 16.1 Å². The van der Waals surface area contributed by atoms with Gasteiger partial charge in [-0.1, -0.05) is 30.6 Å². The summed E-state index contributed by atoms with van der Waals surface area (Å²) in [6.07, 6.45) is 0. The number of hydrogen-bond acceptors (Lipinski definition) is 3. The van der Waals surface area contributed by atoms with Gasteiger partial charge in [0.25, 0.3) is 0 Å². The molecule has 0 radical (unpaired) electrons. The van der Waals surface area contributed by atoms with Crippen molar-refractivity contribution in [1.29, 1.82) is 0 Å². The van der Waals surface area contributed by atoms with Crippen LogP contribution in [0.25, 0.3) is 0 Å². The van der Waals surface area contributed by atoms with Crippen molar-refractivity contribution >= 4 is 17.3 Å². The molecule has 0 unspecified atom stereocenters. The Hall–Kier alpha value is -1.55. The quantitative estimate of drug-likeness (QED) is 0.903. The Labute approximate surface area is 110 Å². The first-order valence-electron chi connectivity index (χ1n) is 5.70. The van der Waals surface area contributed by atoms with Crippen LogP contribution in [0, 0.1) is 5.82 Å². The number of aromatic nitrogens is 1. The van der Waals surface area contributed by atoms with Gasteiger partial charge in [-0.3, -0.25) is 0 Å². The Morgan fingerprint density at radius 1 is 1.39 bits per heavy atom. The third kappa shape index (κ3) is 3.01. The highest BCUT2D eigenvalue weighted by molar-refractivity contribution is 6.31. The van der Waals surface area contributed by atoms with Crippen LogP contribution in [0.3, 0.4) is 0 Å². The van der Waals surface area contributed by atoms with Gasteiger partial charge in [-0.25, -0.2) is 4.39 Å². The molecule has 0 aliphatic heterocycles. The van der Waals surface area contributed by atoms with E-state index in [1.165, 1.54) is 6.07 Å². The topological polar surface area (TPSA) is 38.1 Å². The average molecular weight is 269 g/mol. The molecule has 0 spiro atoms. The second-order valence-corrected chi connectivity index (χ2v) is 4.76. The van der Waals surface area contributed by atoms with Gasteiger partial charge in [0.05, 0.1) is 11.6 Å². The number of halogens is 2. The van der Waals surface area contributed by atoms with Gasteiger partial charge in [-0.05, 0) is 18.2 Å². The van der Waals surface area contributed by atoms with Crippen LogP contribution >= 0.6 is 11.6 Å². The normalized spacial score (nSPS) is 10.9. The average Bonchev–Trinajstić information content (AvgIpc) is 2.79. The molecular weight excluding hydrogens is 255 g/mol. The first kappa shape index (κ1) is 12.9. The molecule has 3 nitrogen and oxygen atoms in total. The van der Waals surface area contributed by atoms with Crippen LogP contribution in [0.5, 0.6) is 0 Å². The van der Waals surface area contributed by atoms with Crippen molar-refractivity contribution in [3.63, 3.8) is 0 Å². The van der Waals surface area contributed by atoms with Crippen molar-refractivity contribution in [2.75, 3.05) is 5.32 Å². The van der Waals surface area contributed by atoms with Crippen molar-refractivity contribution in [2.45, 2.75) is 26.3 Å². The molecule has 0 saturated carbocycles. The van der Waals surface area contributed by atoms with Crippen LogP contribution < -0.4 is 5.32 Å². The van der Waals surface area contributed by atoms with Gasteiger partial charge in [0, 0.05) is 17.7 Å². The fraction of sp³-hybridized carbons (Fsp3) is 0.308. The molecule has 1 heterocycles. The van der Waals surface area contributed by atoms with Gasteiger partial charge >= 0.3 is 0 Å². The molecule has 0 aliphatic carbocycles. The lowest BCUT2D eigenvalue weighted by atomic mass is 10.1. The molecule has 0 amide bonds.